The molecule has 0 aliphatic heterocycles. The molecule has 0 atom stereocenters. The van der Waals surface area contributed by atoms with Crippen LogP contribution in [0.4, 0.5) is 5.95 Å². The maximum Gasteiger partial charge on any atom is 0.259 e. The van der Waals surface area contributed by atoms with Gasteiger partial charge in [0.15, 0.2) is 0 Å². The molecule has 0 unspecified atom stereocenters. The molecule has 3 heterocycles. The minimum atomic E-state index is -0.177. The average Bonchev–Trinajstić information content (AvgIpc) is 2.93. The van der Waals surface area contributed by atoms with E-state index in [0.717, 1.165) is 22.3 Å². The molecule has 1 fully saturated rings. The van der Waals surface area contributed by atoms with Crippen LogP contribution in [0.2, 0.25) is 5.02 Å². The highest BCUT2D eigenvalue weighted by molar-refractivity contribution is 6.33. The third kappa shape index (κ3) is 6.94. The molecule has 5 rings (SSSR count). The summed E-state index contributed by atoms with van der Waals surface area (Å²) in [5, 5.41) is 4.28. The number of nitrogens with one attached hydrogen (secondary N) is 1. The Hall–Kier alpha value is -3.80. The van der Waals surface area contributed by atoms with Crippen LogP contribution in [0.3, 0.4) is 0 Å². The summed E-state index contributed by atoms with van der Waals surface area (Å²) in [6.45, 7) is 4.54. The van der Waals surface area contributed by atoms with E-state index in [9.17, 15) is 4.79 Å². The van der Waals surface area contributed by atoms with E-state index < -0.39 is 0 Å². The minimum Gasteiger partial charge on any atom is -0.354 e. The Morgan fingerprint density at radius 1 is 1.08 bits per heavy atom. The number of terminal acetylenes is 1. The summed E-state index contributed by atoms with van der Waals surface area (Å²) in [4.78, 5) is 30.4. The van der Waals surface area contributed by atoms with Crippen molar-refractivity contribution < 1.29 is 0 Å². The second kappa shape index (κ2) is 13.7. The zero-order valence-corrected chi connectivity index (χ0v) is 22.9. The maximum absolute atomic E-state index is 13.0. The van der Waals surface area contributed by atoms with Gasteiger partial charge in [-0.05, 0) is 38.8 Å². The van der Waals surface area contributed by atoms with Gasteiger partial charge in [0.2, 0.25) is 5.95 Å². The van der Waals surface area contributed by atoms with Gasteiger partial charge in [0.1, 0.15) is 5.65 Å². The van der Waals surface area contributed by atoms with Crippen LogP contribution in [0.25, 0.3) is 33.4 Å². The zero-order valence-electron chi connectivity index (χ0n) is 22.1. The van der Waals surface area contributed by atoms with Gasteiger partial charge in [0.05, 0.1) is 17.6 Å². The van der Waals surface area contributed by atoms with Crippen LogP contribution in [-0.2, 0) is 7.05 Å². The predicted molar refractivity (Wildman–Crippen MR) is 156 cm³/mol. The van der Waals surface area contributed by atoms with E-state index in [1.807, 2.05) is 26.0 Å². The Labute approximate surface area is 228 Å². The van der Waals surface area contributed by atoms with E-state index in [1.54, 1.807) is 37.8 Å². The smallest absolute Gasteiger partial charge is 0.259 e. The first-order chi connectivity index (χ1) is 18.4. The normalized spacial score (nSPS) is 13.1. The number of benzene rings is 1. The standard InChI is InChI=1S/C21H19ClN6O.C6H13N.C2H2/c1-4-24-21-25-10-14-7-16(20(29)28(3)19(14)27-21)15-6-5-13(8-17(15)22)18-11-23-9-12(2)26-18;7-6-4-2-1-3-5-6;1-2/h5-11H,4H2,1-3H3,(H,24,25,27);6H,1-5,7H2;1-2H. The molecule has 0 saturated heterocycles. The highest BCUT2D eigenvalue weighted by atomic mass is 35.5. The molecule has 3 aromatic heterocycles. The fourth-order valence-corrected chi connectivity index (χ4v) is 4.59. The van der Waals surface area contributed by atoms with Crippen molar-refractivity contribution in [1.82, 2.24) is 24.5 Å². The van der Waals surface area contributed by atoms with Gasteiger partial charge in [0.25, 0.3) is 5.56 Å². The lowest BCUT2D eigenvalue weighted by atomic mass is 9.97. The van der Waals surface area contributed by atoms with E-state index in [-0.39, 0.29) is 5.56 Å². The summed E-state index contributed by atoms with van der Waals surface area (Å²) >= 11 is 6.56. The Kier molecular flexibility index (Phi) is 10.3. The molecule has 1 aliphatic carbocycles. The van der Waals surface area contributed by atoms with Crippen molar-refractivity contribution in [3.8, 4) is 35.2 Å². The first-order valence-corrected chi connectivity index (χ1v) is 13.0. The fraction of sp³-hybridized carbons (Fsp3) is 0.345. The molecule has 4 aromatic rings. The Bertz CT molecular complexity index is 1460. The second-order valence-electron chi connectivity index (χ2n) is 9.06. The molecule has 0 radical (unpaired) electrons. The number of anilines is 1. The molecule has 0 spiro atoms. The number of nitrogens with zero attached hydrogens (tertiary/aromatic N) is 5. The van der Waals surface area contributed by atoms with E-state index in [4.69, 9.17) is 17.3 Å². The number of hydrogen-bond acceptors (Lipinski definition) is 7. The lowest BCUT2D eigenvalue weighted by molar-refractivity contribution is 0.441. The first-order valence-electron chi connectivity index (χ1n) is 12.7. The number of hydrogen-bond donors (Lipinski definition) is 2. The monoisotopic (exact) mass is 531 g/mol. The minimum absolute atomic E-state index is 0.177. The molecule has 198 valence electrons. The van der Waals surface area contributed by atoms with Gasteiger partial charge in [-0.2, -0.15) is 4.98 Å². The Morgan fingerprint density at radius 2 is 1.82 bits per heavy atom. The number of aryl methyl sites for hydroxylation is 2. The van der Waals surface area contributed by atoms with E-state index in [0.29, 0.717) is 40.3 Å². The molecule has 1 aliphatic rings. The van der Waals surface area contributed by atoms with E-state index >= 15 is 0 Å². The lowest BCUT2D eigenvalue weighted by Crippen LogP contribution is -2.22. The molecular formula is C29H34ClN7O. The Balaban J connectivity index is 0.000000381. The van der Waals surface area contributed by atoms with Crippen molar-refractivity contribution in [3.05, 3.63) is 63.9 Å². The van der Waals surface area contributed by atoms with Crippen molar-refractivity contribution in [2.24, 2.45) is 12.8 Å². The van der Waals surface area contributed by atoms with Crippen molar-refractivity contribution >= 4 is 28.6 Å². The molecular weight excluding hydrogens is 498 g/mol. The topological polar surface area (TPSA) is 112 Å². The highest BCUT2D eigenvalue weighted by Crippen LogP contribution is 2.31. The van der Waals surface area contributed by atoms with Crippen LogP contribution in [0.5, 0.6) is 0 Å². The molecule has 9 heteroatoms. The average molecular weight is 532 g/mol. The highest BCUT2D eigenvalue weighted by Gasteiger charge is 2.15. The van der Waals surface area contributed by atoms with Crippen LogP contribution in [0.1, 0.15) is 44.7 Å². The number of rotatable bonds is 4. The van der Waals surface area contributed by atoms with Gasteiger partial charge in [-0.1, -0.05) is 43.0 Å². The summed E-state index contributed by atoms with van der Waals surface area (Å²) in [5.41, 5.74) is 9.55. The van der Waals surface area contributed by atoms with Crippen molar-refractivity contribution in [2.45, 2.75) is 52.0 Å². The third-order valence-corrected chi connectivity index (χ3v) is 6.56. The molecule has 0 amide bonds. The van der Waals surface area contributed by atoms with Crippen LogP contribution in [0.15, 0.2) is 47.7 Å². The van der Waals surface area contributed by atoms with Crippen LogP contribution in [0, 0.1) is 19.8 Å². The summed E-state index contributed by atoms with van der Waals surface area (Å²) in [7, 11) is 1.70. The number of fused-ring (bicyclic) bond motifs is 1. The maximum atomic E-state index is 13.0. The van der Waals surface area contributed by atoms with Crippen molar-refractivity contribution in [1.29, 1.82) is 0 Å². The van der Waals surface area contributed by atoms with Gasteiger partial charge >= 0.3 is 0 Å². The van der Waals surface area contributed by atoms with Crippen molar-refractivity contribution in [3.63, 3.8) is 0 Å². The zero-order chi connectivity index (χ0) is 27.7. The first kappa shape index (κ1) is 28.8. The van der Waals surface area contributed by atoms with Gasteiger partial charge in [-0.3, -0.25) is 14.3 Å². The number of pyridine rings is 1. The Morgan fingerprint density at radius 3 is 2.42 bits per heavy atom. The fourth-order valence-electron chi connectivity index (χ4n) is 4.31. The largest absolute Gasteiger partial charge is 0.354 e. The number of halogens is 1. The van der Waals surface area contributed by atoms with Crippen molar-refractivity contribution in [2.75, 3.05) is 11.9 Å². The van der Waals surface area contributed by atoms with Gasteiger partial charge in [0, 0.05) is 59.1 Å². The van der Waals surface area contributed by atoms with Crippen LogP contribution in [-0.4, -0.2) is 37.1 Å². The van der Waals surface area contributed by atoms with Crippen LogP contribution >= 0.6 is 11.6 Å². The van der Waals surface area contributed by atoms with Gasteiger partial charge in [-0.15, -0.1) is 12.8 Å². The summed E-state index contributed by atoms with van der Waals surface area (Å²) in [6.07, 6.45) is 19.7. The number of nitrogens with two attached hydrogens (primary N) is 1. The second-order valence-corrected chi connectivity index (χ2v) is 9.47. The molecule has 38 heavy (non-hydrogen) atoms. The van der Waals surface area contributed by atoms with Crippen LogP contribution < -0.4 is 16.6 Å². The summed E-state index contributed by atoms with van der Waals surface area (Å²) in [6, 6.07) is 7.83. The molecule has 3 N–H and O–H groups in total. The summed E-state index contributed by atoms with van der Waals surface area (Å²) in [5.74, 6) is 0.490. The number of aromatic nitrogens is 5. The molecule has 0 bridgehead atoms. The third-order valence-electron chi connectivity index (χ3n) is 6.24. The quantitative estimate of drug-likeness (QED) is 0.340. The van der Waals surface area contributed by atoms with E-state index in [2.05, 4.69) is 38.1 Å². The molecule has 1 aromatic carbocycles. The van der Waals surface area contributed by atoms with Gasteiger partial charge < -0.3 is 11.1 Å². The molecule has 1 saturated carbocycles. The van der Waals surface area contributed by atoms with E-state index in [1.165, 1.54) is 36.7 Å². The lowest BCUT2D eigenvalue weighted by Gasteiger charge is -2.15. The predicted octanol–water partition coefficient (Wildman–Crippen LogP) is 5.37. The summed E-state index contributed by atoms with van der Waals surface area (Å²) < 4.78 is 1.52. The van der Waals surface area contributed by atoms with Gasteiger partial charge in [-0.25, -0.2) is 9.97 Å². The molecule has 8 nitrogen and oxygen atoms in total. The SMILES string of the molecule is C#C.CCNc1ncc2cc(-c3ccc(-c4cncc(C)n4)cc3Cl)c(=O)n(C)c2n1.NC1CCCCC1.